The first-order valence-electron chi connectivity index (χ1n) is 5.50. The Hall–Kier alpha value is -2.04. The first-order valence-corrected chi connectivity index (χ1v) is 5.50. The molecule has 1 atom stereocenters. The van der Waals surface area contributed by atoms with Gasteiger partial charge in [0.05, 0.1) is 6.61 Å². The van der Waals surface area contributed by atoms with Crippen LogP contribution in [0.5, 0.6) is 0 Å². The maximum atomic E-state index is 11.8. The number of carbonyl (C=O) groups excluding carboxylic acids is 2. The van der Waals surface area contributed by atoms with Crippen LogP contribution in [0, 0.1) is 5.92 Å². The number of amides is 1. The van der Waals surface area contributed by atoms with Crippen molar-refractivity contribution in [3.63, 3.8) is 0 Å². The Balaban J connectivity index is 2.25. The van der Waals surface area contributed by atoms with Gasteiger partial charge >= 0.3 is 5.97 Å². The minimum absolute atomic E-state index is 0.160. The van der Waals surface area contributed by atoms with Crippen LogP contribution in [-0.4, -0.2) is 23.4 Å². The molecule has 0 saturated heterocycles. The molecule has 0 aliphatic carbocycles. The standard InChI is InChI=1S/C12H14N2O3/c1-3-17-12(16)9-7-14-5-4-8(2)6-10(14)11(15)13-9/h4-8H,3H2,1-2H3,(H,13,15). The fraction of sp³-hybridized carbons (Fsp3) is 0.333. The first-order chi connectivity index (χ1) is 8.11. The quantitative estimate of drug-likeness (QED) is 0.720. The highest BCUT2D eigenvalue weighted by Gasteiger charge is 2.27. The monoisotopic (exact) mass is 234 g/mol. The van der Waals surface area contributed by atoms with E-state index in [1.807, 2.05) is 19.1 Å². The van der Waals surface area contributed by atoms with Gasteiger partial charge in [-0.15, -0.1) is 0 Å². The van der Waals surface area contributed by atoms with Crippen molar-refractivity contribution in [2.24, 2.45) is 5.92 Å². The van der Waals surface area contributed by atoms with Gasteiger partial charge in [-0.2, -0.15) is 0 Å². The smallest absolute Gasteiger partial charge is 0.356 e. The van der Waals surface area contributed by atoms with Crippen molar-refractivity contribution in [1.29, 1.82) is 0 Å². The lowest BCUT2D eigenvalue weighted by Gasteiger charge is -2.28. The van der Waals surface area contributed by atoms with E-state index in [9.17, 15) is 9.59 Å². The Kier molecular flexibility index (Phi) is 2.99. The highest BCUT2D eigenvalue weighted by Crippen LogP contribution is 2.21. The summed E-state index contributed by atoms with van der Waals surface area (Å²) in [5, 5.41) is 2.52. The number of ether oxygens (including phenoxy) is 1. The molecule has 2 aliphatic rings. The molecule has 1 amide bonds. The van der Waals surface area contributed by atoms with Gasteiger partial charge in [0, 0.05) is 12.4 Å². The summed E-state index contributed by atoms with van der Waals surface area (Å²) >= 11 is 0. The van der Waals surface area contributed by atoms with Gasteiger partial charge in [0.2, 0.25) is 0 Å². The third-order valence-electron chi connectivity index (χ3n) is 2.49. The molecular weight excluding hydrogens is 220 g/mol. The predicted octanol–water partition coefficient (Wildman–Crippen LogP) is 0.870. The third-order valence-corrected chi connectivity index (χ3v) is 2.49. The molecule has 5 nitrogen and oxygen atoms in total. The molecule has 1 unspecified atom stereocenters. The maximum absolute atomic E-state index is 11.8. The van der Waals surface area contributed by atoms with E-state index in [2.05, 4.69) is 5.32 Å². The molecule has 2 heterocycles. The van der Waals surface area contributed by atoms with E-state index in [-0.39, 0.29) is 24.1 Å². The molecule has 0 fully saturated rings. The van der Waals surface area contributed by atoms with Gasteiger partial charge in [-0.3, -0.25) is 4.79 Å². The molecule has 0 bridgehead atoms. The minimum Gasteiger partial charge on any atom is -0.461 e. The lowest BCUT2D eigenvalue weighted by Crippen LogP contribution is -2.40. The number of hydrogen-bond donors (Lipinski definition) is 1. The zero-order chi connectivity index (χ0) is 12.4. The molecule has 1 N–H and O–H groups in total. The van der Waals surface area contributed by atoms with Crippen molar-refractivity contribution in [2.75, 3.05) is 6.61 Å². The van der Waals surface area contributed by atoms with E-state index in [1.165, 1.54) is 0 Å². The van der Waals surface area contributed by atoms with Gasteiger partial charge in [-0.25, -0.2) is 4.79 Å². The average molecular weight is 234 g/mol. The minimum atomic E-state index is -0.521. The van der Waals surface area contributed by atoms with Crippen LogP contribution in [0.4, 0.5) is 0 Å². The van der Waals surface area contributed by atoms with Crippen molar-refractivity contribution in [3.8, 4) is 0 Å². The molecule has 0 aromatic carbocycles. The second-order valence-electron chi connectivity index (χ2n) is 3.88. The number of esters is 1. The van der Waals surface area contributed by atoms with Crippen molar-refractivity contribution < 1.29 is 14.3 Å². The molecule has 5 heteroatoms. The van der Waals surface area contributed by atoms with Gasteiger partial charge in [-0.1, -0.05) is 13.0 Å². The van der Waals surface area contributed by atoms with Gasteiger partial charge in [0.1, 0.15) is 11.4 Å². The van der Waals surface area contributed by atoms with Crippen LogP contribution in [0.25, 0.3) is 0 Å². The van der Waals surface area contributed by atoms with E-state index >= 15 is 0 Å². The first kappa shape index (κ1) is 11.4. The SMILES string of the molecule is CCOC(=O)C1=CN2C=CC(C)C=C2C(=O)N1. The maximum Gasteiger partial charge on any atom is 0.356 e. The van der Waals surface area contributed by atoms with E-state index in [1.54, 1.807) is 24.2 Å². The van der Waals surface area contributed by atoms with E-state index < -0.39 is 5.97 Å². The fourth-order valence-corrected chi connectivity index (χ4v) is 1.68. The lowest BCUT2D eigenvalue weighted by molar-refractivity contribution is -0.140. The van der Waals surface area contributed by atoms with E-state index in [0.717, 1.165) is 0 Å². The Morgan fingerprint density at radius 2 is 2.35 bits per heavy atom. The summed E-state index contributed by atoms with van der Waals surface area (Å²) in [5.41, 5.74) is 0.696. The molecule has 0 spiro atoms. The van der Waals surface area contributed by atoms with Gasteiger partial charge < -0.3 is 15.0 Å². The topological polar surface area (TPSA) is 58.6 Å². The summed E-state index contributed by atoms with van der Waals surface area (Å²) in [6.07, 6.45) is 7.13. The third kappa shape index (κ3) is 2.22. The Morgan fingerprint density at radius 1 is 1.59 bits per heavy atom. The predicted molar refractivity (Wildman–Crippen MR) is 61.1 cm³/mol. The molecule has 90 valence electrons. The van der Waals surface area contributed by atoms with E-state index in [0.29, 0.717) is 5.70 Å². The van der Waals surface area contributed by atoms with Crippen LogP contribution in [0.3, 0.4) is 0 Å². The van der Waals surface area contributed by atoms with Crippen LogP contribution in [0.2, 0.25) is 0 Å². The average Bonchev–Trinajstić information content (AvgIpc) is 2.30. The molecule has 2 rings (SSSR count). The summed E-state index contributed by atoms with van der Waals surface area (Å²) in [7, 11) is 0. The van der Waals surface area contributed by atoms with Crippen LogP contribution in [0.1, 0.15) is 13.8 Å². The zero-order valence-corrected chi connectivity index (χ0v) is 9.77. The fourth-order valence-electron chi connectivity index (χ4n) is 1.68. The highest BCUT2D eigenvalue weighted by atomic mass is 16.5. The zero-order valence-electron chi connectivity index (χ0n) is 9.77. The van der Waals surface area contributed by atoms with Gasteiger partial charge in [0.15, 0.2) is 0 Å². The summed E-state index contributed by atoms with van der Waals surface area (Å²) < 4.78 is 4.84. The van der Waals surface area contributed by atoms with Crippen LogP contribution in [0.15, 0.2) is 35.9 Å². The van der Waals surface area contributed by atoms with Crippen molar-refractivity contribution in [1.82, 2.24) is 10.2 Å². The van der Waals surface area contributed by atoms with Crippen molar-refractivity contribution in [2.45, 2.75) is 13.8 Å². The van der Waals surface area contributed by atoms with Crippen LogP contribution >= 0.6 is 0 Å². The lowest BCUT2D eigenvalue weighted by atomic mass is 10.1. The number of nitrogens with zero attached hydrogens (tertiary/aromatic N) is 1. The van der Waals surface area contributed by atoms with Gasteiger partial charge in [0.25, 0.3) is 5.91 Å². The largest absolute Gasteiger partial charge is 0.461 e. The molecular formula is C12H14N2O3. The Morgan fingerprint density at radius 3 is 3.06 bits per heavy atom. The number of nitrogens with one attached hydrogen (secondary N) is 1. The molecule has 0 saturated carbocycles. The number of allylic oxidation sites excluding steroid dienone is 2. The number of hydrogen-bond acceptors (Lipinski definition) is 4. The molecule has 0 aromatic rings. The summed E-state index contributed by atoms with van der Waals surface area (Å²) in [4.78, 5) is 24.9. The number of fused-ring (bicyclic) bond motifs is 1. The summed E-state index contributed by atoms with van der Waals surface area (Å²) in [5.74, 6) is -0.594. The number of carbonyl (C=O) groups is 2. The molecule has 17 heavy (non-hydrogen) atoms. The molecule has 0 radical (unpaired) electrons. The van der Waals surface area contributed by atoms with Gasteiger partial charge in [-0.05, 0) is 18.9 Å². The second kappa shape index (κ2) is 4.45. The highest BCUT2D eigenvalue weighted by molar-refractivity contribution is 6.02. The van der Waals surface area contributed by atoms with Crippen molar-refractivity contribution >= 4 is 11.9 Å². The molecule has 2 aliphatic heterocycles. The normalized spacial score (nSPS) is 22.4. The van der Waals surface area contributed by atoms with Crippen LogP contribution < -0.4 is 5.32 Å². The van der Waals surface area contributed by atoms with Crippen molar-refractivity contribution in [3.05, 3.63) is 35.9 Å². The number of rotatable bonds is 2. The Bertz CT molecular complexity index is 449. The Labute approximate surface area is 99.4 Å². The summed E-state index contributed by atoms with van der Waals surface area (Å²) in [6, 6.07) is 0. The van der Waals surface area contributed by atoms with E-state index in [4.69, 9.17) is 4.74 Å². The van der Waals surface area contributed by atoms with Crippen LogP contribution in [-0.2, 0) is 14.3 Å². The molecule has 0 aromatic heterocycles. The summed E-state index contributed by atoms with van der Waals surface area (Å²) in [6.45, 7) is 3.98. The second-order valence-corrected chi connectivity index (χ2v) is 3.88.